The second-order valence-corrected chi connectivity index (χ2v) is 8.38. The average Bonchev–Trinajstić information content (AvgIpc) is 2.79. The lowest BCUT2D eigenvalue weighted by atomic mass is 9.74. The lowest BCUT2D eigenvalue weighted by Gasteiger charge is -2.30. The largest absolute Gasteiger partial charge is 0.493 e. The Kier molecular flexibility index (Phi) is 9.14. The number of halogens is 2. The number of methoxy groups -OCH3 is 3. The van der Waals surface area contributed by atoms with Crippen LogP contribution in [0.15, 0.2) is 30.3 Å². The molecule has 0 radical (unpaired) electrons. The predicted molar refractivity (Wildman–Crippen MR) is 128 cm³/mol. The Labute approximate surface area is 203 Å². The van der Waals surface area contributed by atoms with Crippen molar-refractivity contribution in [1.29, 1.82) is 5.41 Å². The molecule has 178 valence electrons. The third-order valence-electron chi connectivity index (χ3n) is 5.22. The molecule has 2 rings (SSSR count). The van der Waals surface area contributed by atoms with Crippen molar-refractivity contribution in [2.75, 3.05) is 27.9 Å². The zero-order valence-electron chi connectivity index (χ0n) is 19.2. The Hall–Kier alpha value is -2.77. The second-order valence-electron chi connectivity index (χ2n) is 7.57. The monoisotopic (exact) mass is 495 g/mol. The summed E-state index contributed by atoms with van der Waals surface area (Å²) in [5.74, 6) is -0.0481. The maximum absolute atomic E-state index is 13.2. The Morgan fingerprint density at radius 1 is 0.939 bits per heavy atom. The highest BCUT2D eigenvalue weighted by molar-refractivity contribution is 6.45. The molecule has 9 heteroatoms. The van der Waals surface area contributed by atoms with E-state index < -0.39 is 17.2 Å². The highest BCUT2D eigenvalue weighted by Gasteiger charge is 2.34. The molecule has 0 saturated carbocycles. The van der Waals surface area contributed by atoms with Crippen LogP contribution in [0.3, 0.4) is 0 Å². The molecular formula is C24H27Cl2NO6. The SMILES string of the molecule is CCOC(=O)CC(C)(CC(=N)C(=O)c1cc(OC)c(OC)c(OC)c1)c1ccc(Cl)c(Cl)c1. The van der Waals surface area contributed by atoms with Gasteiger partial charge in [-0.2, -0.15) is 0 Å². The summed E-state index contributed by atoms with van der Waals surface area (Å²) in [6.07, 6.45) is -0.0943. The van der Waals surface area contributed by atoms with Gasteiger partial charge in [0.05, 0.1) is 50.1 Å². The van der Waals surface area contributed by atoms with Crippen LogP contribution in [0.1, 0.15) is 42.6 Å². The van der Waals surface area contributed by atoms with Gasteiger partial charge in [-0.15, -0.1) is 0 Å². The summed E-state index contributed by atoms with van der Waals surface area (Å²) in [5, 5.41) is 9.23. The van der Waals surface area contributed by atoms with Crippen LogP contribution in [0.5, 0.6) is 17.2 Å². The van der Waals surface area contributed by atoms with Crippen LogP contribution in [0.2, 0.25) is 10.0 Å². The molecular weight excluding hydrogens is 469 g/mol. The molecule has 1 N–H and O–H groups in total. The molecule has 2 aromatic carbocycles. The molecule has 0 bridgehead atoms. The molecule has 0 aliphatic carbocycles. The highest BCUT2D eigenvalue weighted by Crippen LogP contribution is 2.39. The Bertz CT molecular complexity index is 1030. The molecule has 2 aromatic rings. The lowest BCUT2D eigenvalue weighted by molar-refractivity contribution is -0.144. The molecule has 7 nitrogen and oxygen atoms in total. The number of ketones is 1. The quantitative estimate of drug-likeness (QED) is 0.250. The van der Waals surface area contributed by atoms with Gasteiger partial charge in [-0.3, -0.25) is 9.59 Å². The van der Waals surface area contributed by atoms with E-state index in [-0.39, 0.29) is 30.7 Å². The summed E-state index contributed by atoms with van der Waals surface area (Å²) in [7, 11) is 4.34. The van der Waals surface area contributed by atoms with Crippen LogP contribution in [0.4, 0.5) is 0 Å². The van der Waals surface area contributed by atoms with Crippen LogP contribution in [-0.2, 0) is 14.9 Å². The summed E-state index contributed by atoms with van der Waals surface area (Å²) >= 11 is 12.2. The first-order valence-corrected chi connectivity index (χ1v) is 10.9. The van der Waals surface area contributed by atoms with Gasteiger partial charge in [-0.25, -0.2) is 0 Å². The average molecular weight is 496 g/mol. The number of benzene rings is 2. The van der Waals surface area contributed by atoms with Gasteiger partial charge in [-0.1, -0.05) is 36.2 Å². The van der Waals surface area contributed by atoms with Crippen molar-refractivity contribution in [2.24, 2.45) is 0 Å². The predicted octanol–water partition coefficient (Wildman–Crippen LogP) is 5.52. The second kappa shape index (κ2) is 11.4. The number of hydrogen-bond acceptors (Lipinski definition) is 7. The van der Waals surface area contributed by atoms with E-state index >= 15 is 0 Å². The van der Waals surface area contributed by atoms with Crippen molar-refractivity contribution in [3.8, 4) is 17.2 Å². The minimum Gasteiger partial charge on any atom is -0.493 e. The van der Waals surface area contributed by atoms with Crippen molar-refractivity contribution in [1.82, 2.24) is 0 Å². The number of carbonyl (C=O) groups excluding carboxylic acids is 2. The molecule has 0 spiro atoms. The van der Waals surface area contributed by atoms with E-state index in [0.29, 0.717) is 32.9 Å². The minimum atomic E-state index is -0.937. The Morgan fingerprint density at radius 3 is 2.03 bits per heavy atom. The number of hydrogen-bond donors (Lipinski definition) is 1. The van der Waals surface area contributed by atoms with Crippen molar-refractivity contribution in [3.05, 3.63) is 51.5 Å². The molecule has 0 aromatic heterocycles. The zero-order valence-corrected chi connectivity index (χ0v) is 20.7. The van der Waals surface area contributed by atoms with Gasteiger partial charge in [0.15, 0.2) is 11.5 Å². The van der Waals surface area contributed by atoms with Gasteiger partial charge >= 0.3 is 5.97 Å². The van der Waals surface area contributed by atoms with Crippen LogP contribution in [0, 0.1) is 5.41 Å². The first-order chi connectivity index (χ1) is 15.6. The Morgan fingerprint density at radius 2 is 1.55 bits per heavy atom. The van der Waals surface area contributed by atoms with Crippen LogP contribution in [-0.4, -0.2) is 45.4 Å². The maximum Gasteiger partial charge on any atom is 0.306 e. The standard InChI is InChI=1S/C24H27Cl2NO6/c1-6-33-21(28)13-24(2,15-7-8-16(25)17(26)11-15)12-18(27)22(29)14-9-19(30-3)23(32-5)20(10-14)31-4/h7-11,27H,6,12-13H2,1-5H3. The molecule has 0 saturated heterocycles. The molecule has 0 aliphatic rings. The summed E-state index contributed by atoms with van der Waals surface area (Å²) < 4.78 is 21.0. The maximum atomic E-state index is 13.2. The number of carbonyl (C=O) groups is 2. The first-order valence-electron chi connectivity index (χ1n) is 10.1. The van der Waals surface area contributed by atoms with E-state index in [4.69, 9.17) is 47.6 Å². The van der Waals surface area contributed by atoms with Gasteiger partial charge in [0.2, 0.25) is 11.5 Å². The number of nitrogens with one attached hydrogen (secondary N) is 1. The van der Waals surface area contributed by atoms with Gasteiger partial charge in [0.25, 0.3) is 0 Å². The molecule has 0 aliphatic heterocycles. The summed E-state index contributed by atoms with van der Waals surface area (Å²) in [4.78, 5) is 25.5. The first kappa shape index (κ1) is 26.5. The summed E-state index contributed by atoms with van der Waals surface area (Å²) in [6, 6.07) is 7.96. The molecule has 0 amide bonds. The molecule has 0 heterocycles. The fourth-order valence-electron chi connectivity index (χ4n) is 3.53. The molecule has 1 unspecified atom stereocenters. The van der Waals surface area contributed by atoms with Gasteiger partial charge in [-0.05, 0) is 36.8 Å². The van der Waals surface area contributed by atoms with E-state index in [9.17, 15) is 9.59 Å². The van der Waals surface area contributed by atoms with Gasteiger partial charge in [0.1, 0.15) is 0 Å². The number of esters is 1. The summed E-state index contributed by atoms with van der Waals surface area (Å²) in [6.45, 7) is 3.71. The molecule has 1 atom stereocenters. The van der Waals surface area contributed by atoms with Gasteiger partial charge < -0.3 is 24.4 Å². The Balaban J connectivity index is 2.43. The topological polar surface area (TPSA) is 94.9 Å². The fourth-order valence-corrected chi connectivity index (χ4v) is 3.82. The molecule has 0 fully saturated rings. The third-order valence-corrected chi connectivity index (χ3v) is 5.96. The van der Waals surface area contributed by atoms with Crippen molar-refractivity contribution in [2.45, 2.75) is 32.1 Å². The van der Waals surface area contributed by atoms with Crippen molar-refractivity contribution < 1.29 is 28.5 Å². The van der Waals surface area contributed by atoms with Gasteiger partial charge in [0, 0.05) is 17.4 Å². The van der Waals surface area contributed by atoms with Crippen LogP contribution in [0.25, 0.3) is 0 Å². The zero-order chi connectivity index (χ0) is 24.8. The number of Topliss-reactive ketones (excluding diaryl/α,β-unsaturated/α-hetero) is 1. The third kappa shape index (κ3) is 6.18. The fraction of sp³-hybridized carbons (Fsp3) is 0.375. The summed E-state index contributed by atoms with van der Waals surface area (Å²) in [5.41, 5.74) is -0.287. The molecule has 33 heavy (non-hydrogen) atoms. The van der Waals surface area contributed by atoms with E-state index in [0.717, 1.165) is 0 Å². The van der Waals surface area contributed by atoms with Crippen molar-refractivity contribution in [3.63, 3.8) is 0 Å². The minimum absolute atomic E-state index is 0.0424. The van der Waals surface area contributed by atoms with Crippen molar-refractivity contribution >= 4 is 40.7 Å². The van der Waals surface area contributed by atoms with Crippen LogP contribution >= 0.6 is 23.2 Å². The van der Waals surface area contributed by atoms with E-state index in [1.807, 2.05) is 0 Å². The normalized spacial score (nSPS) is 12.5. The lowest BCUT2D eigenvalue weighted by Crippen LogP contribution is -2.32. The van der Waals surface area contributed by atoms with E-state index in [1.54, 1.807) is 32.0 Å². The van der Waals surface area contributed by atoms with E-state index in [2.05, 4.69) is 0 Å². The number of ether oxygens (including phenoxy) is 4. The number of rotatable bonds is 11. The van der Waals surface area contributed by atoms with E-state index in [1.165, 1.54) is 33.5 Å². The smallest absolute Gasteiger partial charge is 0.306 e. The highest BCUT2D eigenvalue weighted by atomic mass is 35.5. The van der Waals surface area contributed by atoms with Crippen LogP contribution < -0.4 is 14.2 Å².